The Morgan fingerprint density at radius 3 is 2.65 bits per heavy atom. The lowest BCUT2D eigenvalue weighted by molar-refractivity contribution is 0.0825. The van der Waals surface area contributed by atoms with E-state index >= 15 is 0 Å². The molecule has 0 amide bonds. The SMILES string of the molecule is CC(NCCN(C)CC(C)(C)C)C1CCCO1. The Morgan fingerprint density at radius 2 is 2.12 bits per heavy atom. The Bertz CT molecular complexity index is 207. The van der Waals surface area contributed by atoms with Gasteiger partial charge in [-0.25, -0.2) is 0 Å². The number of hydrogen-bond acceptors (Lipinski definition) is 3. The van der Waals surface area contributed by atoms with Gasteiger partial charge in [-0.2, -0.15) is 0 Å². The van der Waals surface area contributed by atoms with Crippen LogP contribution >= 0.6 is 0 Å². The monoisotopic (exact) mass is 242 g/mol. The van der Waals surface area contributed by atoms with E-state index in [2.05, 4.69) is 45.0 Å². The summed E-state index contributed by atoms with van der Waals surface area (Å²) in [5, 5.41) is 3.57. The van der Waals surface area contributed by atoms with Crippen LogP contribution in [0, 0.1) is 5.41 Å². The quantitative estimate of drug-likeness (QED) is 0.772. The number of nitrogens with zero attached hydrogens (tertiary/aromatic N) is 1. The van der Waals surface area contributed by atoms with E-state index in [4.69, 9.17) is 4.74 Å². The molecule has 3 heteroatoms. The van der Waals surface area contributed by atoms with E-state index in [-0.39, 0.29) is 0 Å². The topological polar surface area (TPSA) is 24.5 Å². The molecule has 2 unspecified atom stereocenters. The highest BCUT2D eigenvalue weighted by molar-refractivity contribution is 4.77. The van der Waals surface area contributed by atoms with E-state index in [9.17, 15) is 0 Å². The van der Waals surface area contributed by atoms with Crippen molar-refractivity contribution in [3.05, 3.63) is 0 Å². The molecule has 1 aliphatic rings. The summed E-state index contributed by atoms with van der Waals surface area (Å²) in [4.78, 5) is 2.40. The van der Waals surface area contributed by atoms with Crippen LogP contribution in [-0.4, -0.2) is 50.3 Å². The van der Waals surface area contributed by atoms with Crippen molar-refractivity contribution >= 4 is 0 Å². The fraction of sp³-hybridized carbons (Fsp3) is 1.00. The number of hydrogen-bond donors (Lipinski definition) is 1. The summed E-state index contributed by atoms with van der Waals surface area (Å²) in [6, 6.07) is 0.487. The van der Waals surface area contributed by atoms with Crippen molar-refractivity contribution in [2.75, 3.05) is 33.3 Å². The molecule has 0 aliphatic carbocycles. The highest BCUT2D eigenvalue weighted by atomic mass is 16.5. The minimum Gasteiger partial charge on any atom is -0.377 e. The van der Waals surface area contributed by atoms with Crippen molar-refractivity contribution in [2.45, 2.75) is 52.7 Å². The highest BCUT2D eigenvalue weighted by Crippen LogP contribution is 2.15. The van der Waals surface area contributed by atoms with Crippen LogP contribution in [0.15, 0.2) is 0 Å². The van der Waals surface area contributed by atoms with E-state index in [0.717, 1.165) is 26.2 Å². The van der Waals surface area contributed by atoms with Crippen LogP contribution in [0.5, 0.6) is 0 Å². The average molecular weight is 242 g/mol. The van der Waals surface area contributed by atoms with Crippen LogP contribution in [-0.2, 0) is 4.74 Å². The van der Waals surface area contributed by atoms with Gasteiger partial charge in [-0.15, -0.1) is 0 Å². The van der Waals surface area contributed by atoms with Gasteiger partial charge in [-0.1, -0.05) is 20.8 Å². The molecular formula is C14H30N2O. The Labute approximate surface area is 107 Å². The van der Waals surface area contributed by atoms with Gasteiger partial charge in [0.2, 0.25) is 0 Å². The van der Waals surface area contributed by atoms with E-state index in [1.165, 1.54) is 12.8 Å². The van der Waals surface area contributed by atoms with Crippen LogP contribution in [0.1, 0.15) is 40.5 Å². The molecule has 0 radical (unpaired) electrons. The first-order valence-electron chi connectivity index (χ1n) is 6.92. The molecule has 2 atom stereocenters. The zero-order chi connectivity index (χ0) is 12.9. The first-order chi connectivity index (χ1) is 7.88. The van der Waals surface area contributed by atoms with Gasteiger partial charge in [0, 0.05) is 32.3 Å². The molecule has 0 aromatic heterocycles. The van der Waals surface area contributed by atoms with E-state index in [1.54, 1.807) is 0 Å². The van der Waals surface area contributed by atoms with E-state index < -0.39 is 0 Å². The molecule has 1 fully saturated rings. The lowest BCUT2D eigenvalue weighted by atomic mass is 9.96. The fourth-order valence-electron chi connectivity index (χ4n) is 2.50. The second kappa shape index (κ2) is 6.72. The van der Waals surface area contributed by atoms with Gasteiger partial charge in [-0.3, -0.25) is 0 Å². The van der Waals surface area contributed by atoms with Crippen molar-refractivity contribution in [3.63, 3.8) is 0 Å². The van der Waals surface area contributed by atoms with Gasteiger partial charge in [0.05, 0.1) is 6.10 Å². The minimum absolute atomic E-state index is 0.384. The maximum atomic E-state index is 5.68. The largest absolute Gasteiger partial charge is 0.377 e. The predicted molar refractivity (Wildman–Crippen MR) is 73.4 cm³/mol. The molecule has 17 heavy (non-hydrogen) atoms. The number of nitrogens with one attached hydrogen (secondary N) is 1. The summed E-state index contributed by atoms with van der Waals surface area (Å²) < 4.78 is 5.68. The molecule has 0 bridgehead atoms. The number of rotatable bonds is 6. The van der Waals surface area contributed by atoms with Gasteiger partial charge in [0.15, 0.2) is 0 Å². The smallest absolute Gasteiger partial charge is 0.0726 e. The molecule has 0 saturated carbocycles. The van der Waals surface area contributed by atoms with Crippen LogP contribution < -0.4 is 5.32 Å². The Kier molecular flexibility index (Phi) is 5.90. The summed E-state index contributed by atoms with van der Waals surface area (Å²) in [6.45, 7) is 13.3. The van der Waals surface area contributed by atoms with Crippen LogP contribution in [0.2, 0.25) is 0 Å². The minimum atomic E-state index is 0.384. The maximum absolute atomic E-state index is 5.68. The summed E-state index contributed by atoms with van der Waals surface area (Å²) >= 11 is 0. The molecule has 102 valence electrons. The van der Waals surface area contributed by atoms with Gasteiger partial charge in [0.25, 0.3) is 0 Å². The van der Waals surface area contributed by atoms with Crippen LogP contribution in [0.3, 0.4) is 0 Å². The Morgan fingerprint density at radius 1 is 1.41 bits per heavy atom. The molecule has 0 aromatic rings. The van der Waals surface area contributed by atoms with Crippen molar-refractivity contribution in [3.8, 4) is 0 Å². The first-order valence-corrected chi connectivity index (χ1v) is 6.92. The van der Waals surface area contributed by atoms with E-state index in [1.807, 2.05) is 0 Å². The standard InChI is InChI=1S/C14H30N2O/c1-12(13-7-6-10-17-13)15-8-9-16(5)11-14(2,3)4/h12-13,15H,6-11H2,1-5H3. The molecule has 1 N–H and O–H groups in total. The van der Waals surface area contributed by atoms with Gasteiger partial charge in [-0.05, 0) is 32.2 Å². The molecular weight excluding hydrogens is 212 g/mol. The van der Waals surface area contributed by atoms with Crippen LogP contribution in [0.4, 0.5) is 0 Å². The normalized spacial score (nSPS) is 23.3. The summed E-state index contributed by atoms with van der Waals surface area (Å²) in [5.74, 6) is 0. The van der Waals surface area contributed by atoms with Gasteiger partial charge < -0.3 is 15.0 Å². The Hall–Kier alpha value is -0.120. The lowest BCUT2D eigenvalue weighted by Crippen LogP contribution is -2.42. The zero-order valence-electron chi connectivity index (χ0n) is 12.3. The lowest BCUT2D eigenvalue weighted by Gasteiger charge is -2.27. The molecule has 1 rings (SSSR count). The molecule has 1 saturated heterocycles. The third-order valence-electron chi connectivity index (χ3n) is 3.23. The van der Waals surface area contributed by atoms with Crippen molar-refractivity contribution < 1.29 is 4.74 Å². The first kappa shape index (κ1) is 14.9. The third kappa shape index (κ3) is 6.39. The van der Waals surface area contributed by atoms with Crippen LogP contribution in [0.25, 0.3) is 0 Å². The molecule has 1 aliphatic heterocycles. The second-order valence-corrected chi connectivity index (χ2v) is 6.59. The molecule has 0 aromatic carbocycles. The maximum Gasteiger partial charge on any atom is 0.0726 e. The number of ether oxygens (including phenoxy) is 1. The summed E-state index contributed by atoms with van der Waals surface area (Å²) in [5.41, 5.74) is 0.384. The average Bonchev–Trinajstić information content (AvgIpc) is 2.66. The Balaban J connectivity index is 2.10. The van der Waals surface area contributed by atoms with Crippen molar-refractivity contribution in [1.82, 2.24) is 10.2 Å². The fourth-order valence-corrected chi connectivity index (χ4v) is 2.50. The van der Waals surface area contributed by atoms with Gasteiger partial charge >= 0.3 is 0 Å². The molecule has 0 spiro atoms. The zero-order valence-corrected chi connectivity index (χ0v) is 12.3. The molecule has 3 nitrogen and oxygen atoms in total. The molecule has 1 heterocycles. The number of likely N-dealkylation sites (N-methyl/N-ethyl adjacent to an activating group) is 1. The highest BCUT2D eigenvalue weighted by Gasteiger charge is 2.21. The summed E-state index contributed by atoms with van der Waals surface area (Å²) in [6.07, 6.45) is 2.87. The third-order valence-corrected chi connectivity index (χ3v) is 3.23. The summed E-state index contributed by atoms with van der Waals surface area (Å²) in [7, 11) is 2.20. The van der Waals surface area contributed by atoms with E-state index in [0.29, 0.717) is 17.6 Å². The van der Waals surface area contributed by atoms with Gasteiger partial charge in [0.1, 0.15) is 0 Å². The second-order valence-electron chi connectivity index (χ2n) is 6.59. The predicted octanol–water partition coefficient (Wildman–Crippen LogP) is 2.12. The van der Waals surface area contributed by atoms with Crippen molar-refractivity contribution in [2.24, 2.45) is 5.41 Å². The van der Waals surface area contributed by atoms with Crippen molar-refractivity contribution in [1.29, 1.82) is 0 Å².